The fourth-order valence-electron chi connectivity index (χ4n) is 3.93. The van der Waals surface area contributed by atoms with Gasteiger partial charge in [-0.1, -0.05) is 6.07 Å². The predicted molar refractivity (Wildman–Crippen MR) is 120 cm³/mol. The summed E-state index contributed by atoms with van der Waals surface area (Å²) < 4.78 is 0. The molecule has 156 valence electrons. The number of aromatic nitrogens is 1. The lowest BCUT2D eigenvalue weighted by Crippen LogP contribution is -2.42. The van der Waals surface area contributed by atoms with E-state index in [-0.39, 0.29) is 6.03 Å². The minimum Gasteiger partial charge on any atom is -0.370 e. The van der Waals surface area contributed by atoms with Crippen LogP contribution in [0, 0.1) is 6.92 Å². The maximum Gasteiger partial charge on any atom is 0.325 e. The van der Waals surface area contributed by atoms with E-state index in [9.17, 15) is 4.79 Å². The Morgan fingerprint density at radius 1 is 1.14 bits per heavy atom. The molecule has 0 radical (unpaired) electrons. The first-order chi connectivity index (χ1) is 14.2. The molecule has 2 aliphatic rings. The Labute approximate surface area is 176 Å². The number of carbonyl (C=O) groups excluding carboxylic acids is 1. The van der Waals surface area contributed by atoms with Crippen LogP contribution in [0.5, 0.6) is 0 Å². The normalized spacial score (nSPS) is 17.9. The van der Waals surface area contributed by atoms with Crippen LogP contribution in [0.15, 0.2) is 23.6 Å². The monoisotopic (exact) mass is 414 g/mol. The van der Waals surface area contributed by atoms with E-state index in [2.05, 4.69) is 43.7 Å². The zero-order valence-corrected chi connectivity index (χ0v) is 17.9. The fourth-order valence-corrected chi connectivity index (χ4v) is 4.63. The van der Waals surface area contributed by atoms with Crippen LogP contribution in [-0.2, 0) is 6.54 Å². The quantitative estimate of drug-likeness (QED) is 0.699. The molecule has 0 spiro atoms. The Balaban J connectivity index is 1.37. The number of piperazine rings is 1. The first-order valence-corrected chi connectivity index (χ1v) is 11.4. The first-order valence-electron chi connectivity index (χ1n) is 10.5. The number of piperidine rings is 1. The summed E-state index contributed by atoms with van der Waals surface area (Å²) >= 11 is 1.48. The van der Waals surface area contributed by atoms with E-state index in [1.54, 1.807) is 0 Å². The first kappa shape index (κ1) is 20.1. The summed E-state index contributed by atoms with van der Waals surface area (Å²) in [6, 6.07) is 5.96. The number of rotatable bonds is 5. The molecule has 3 heterocycles. The standard InChI is InChI=1S/C21H30N6OS/c1-16-5-6-18(19(13-16)27-9-3-2-4-10-27)24-20(28)25-21-23-17(15-29-21)14-26-11-7-22-8-12-26/h5-6,13,15,22H,2-4,7-12,14H2,1H3,(H2,23,24,25,28). The molecule has 2 amide bonds. The van der Waals surface area contributed by atoms with Gasteiger partial charge in [0.25, 0.3) is 0 Å². The second-order valence-electron chi connectivity index (χ2n) is 7.82. The number of amides is 2. The van der Waals surface area contributed by atoms with Crippen molar-refractivity contribution in [3.8, 4) is 0 Å². The minimum atomic E-state index is -0.241. The lowest BCUT2D eigenvalue weighted by atomic mass is 10.1. The number of benzene rings is 1. The Morgan fingerprint density at radius 2 is 1.93 bits per heavy atom. The molecule has 1 aromatic carbocycles. The number of hydrogen-bond donors (Lipinski definition) is 3. The van der Waals surface area contributed by atoms with Crippen molar-refractivity contribution < 1.29 is 4.79 Å². The number of thiazole rings is 1. The van der Waals surface area contributed by atoms with Crippen molar-refractivity contribution >= 4 is 33.9 Å². The molecule has 0 bridgehead atoms. The largest absolute Gasteiger partial charge is 0.370 e. The van der Waals surface area contributed by atoms with Gasteiger partial charge in [0.15, 0.2) is 5.13 Å². The maximum absolute atomic E-state index is 12.6. The lowest BCUT2D eigenvalue weighted by molar-refractivity contribution is 0.231. The molecule has 29 heavy (non-hydrogen) atoms. The van der Waals surface area contributed by atoms with Gasteiger partial charge < -0.3 is 15.5 Å². The summed E-state index contributed by atoms with van der Waals surface area (Å²) in [5, 5.41) is 12.0. The van der Waals surface area contributed by atoms with Gasteiger partial charge >= 0.3 is 6.03 Å². The number of nitrogens with zero attached hydrogens (tertiary/aromatic N) is 3. The number of carbonyl (C=O) groups is 1. The summed E-state index contributed by atoms with van der Waals surface area (Å²) in [6.07, 6.45) is 3.69. The summed E-state index contributed by atoms with van der Waals surface area (Å²) in [7, 11) is 0. The molecule has 2 aromatic rings. The molecule has 3 N–H and O–H groups in total. The lowest BCUT2D eigenvalue weighted by Gasteiger charge is -2.30. The van der Waals surface area contributed by atoms with E-state index < -0.39 is 0 Å². The third kappa shape index (κ3) is 5.46. The Kier molecular flexibility index (Phi) is 6.63. The predicted octanol–water partition coefficient (Wildman–Crippen LogP) is 3.49. The van der Waals surface area contributed by atoms with Gasteiger partial charge in [-0.3, -0.25) is 10.2 Å². The van der Waals surface area contributed by atoms with E-state index >= 15 is 0 Å². The van der Waals surface area contributed by atoms with E-state index in [0.29, 0.717) is 5.13 Å². The molecule has 1 aromatic heterocycles. The molecule has 0 saturated carbocycles. The molecule has 2 fully saturated rings. The maximum atomic E-state index is 12.6. The molecular weight excluding hydrogens is 384 g/mol. The van der Waals surface area contributed by atoms with Crippen molar-refractivity contribution in [2.45, 2.75) is 32.7 Å². The number of nitrogens with one attached hydrogen (secondary N) is 3. The van der Waals surface area contributed by atoms with Gasteiger partial charge in [0, 0.05) is 51.2 Å². The third-order valence-electron chi connectivity index (χ3n) is 5.47. The van der Waals surface area contributed by atoms with Crippen molar-refractivity contribution in [3.05, 3.63) is 34.8 Å². The molecule has 8 heteroatoms. The molecule has 0 atom stereocenters. The highest BCUT2D eigenvalue weighted by Crippen LogP contribution is 2.30. The summed E-state index contributed by atoms with van der Waals surface area (Å²) in [5.41, 5.74) is 4.18. The smallest absolute Gasteiger partial charge is 0.325 e. The van der Waals surface area contributed by atoms with Crippen LogP contribution < -0.4 is 20.9 Å². The van der Waals surface area contributed by atoms with Crippen LogP contribution in [0.2, 0.25) is 0 Å². The van der Waals surface area contributed by atoms with Crippen molar-refractivity contribution in [3.63, 3.8) is 0 Å². The van der Waals surface area contributed by atoms with E-state index in [0.717, 1.165) is 62.9 Å². The van der Waals surface area contributed by atoms with Crippen molar-refractivity contribution in [1.82, 2.24) is 15.2 Å². The molecule has 2 aliphatic heterocycles. The van der Waals surface area contributed by atoms with Crippen molar-refractivity contribution in [2.75, 3.05) is 54.8 Å². The average molecular weight is 415 g/mol. The second kappa shape index (κ2) is 9.56. The number of hydrogen-bond acceptors (Lipinski definition) is 6. The van der Waals surface area contributed by atoms with Crippen LogP contribution in [0.25, 0.3) is 0 Å². The van der Waals surface area contributed by atoms with Crippen LogP contribution in [-0.4, -0.2) is 55.2 Å². The third-order valence-corrected chi connectivity index (χ3v) is 6.27. The zero-order chi connectivity index (χ0) is 20.1. The van der Waals surface area contributed by atoms with Gasteiger partial charge in [0.1, 0.15) is 0 Å². The number of urea groups is 1. The fraction of sp³-hybridized carbons (Fsp3) is 0.524. The van der Waals surface area contributed by atoms with E-state index in [1.807, 2.05) is 17.5 Å². The van der Waals surface area contributed by atoms with Crippen LogP contribution in [0.3, 0.4) is 0 Å². The zero-order valence-electron chi connectivity index (χ0n) is 17.0. The van der Waals surface area contributed by atoms with Crippen LogP contribution in [0.4, 0.5) is 21.3 Å². The average Bonchev–Trinajstić information content (AvgIpc) is 3.17. The molecular formula is C21H30N6OS. The Hall–Kier alpha value is -2.16. The Bertz CT molecular complexity index is 826. The second-order valence-corrected chi connectivity index (χ2v) is 8.68. The van der Waals surface area contributed by atoms with Crippen LogP contribution in [0.1, 0.15) is 30.5 Å². The van der Waals surface area contributed by atoms with Gasteiger partial charge in [-0.05, 0) is 43.9 Å². The van der Waals surface area contributed by atoms with E-state index in [1.165, 1.54) is 36.2 Å². The topological polar surface area (TPSA) is 72.5 Å². The molecule has 0 aliphatic carbocycles. The molecule has 4 rings (SSSR count). The number of aryl methyl sites for hydroxylation is 1. The van der Waals surface area contributed by atoms with E-state index in [4.69, 9.17) is 0 Å². The highest BCUT2D eigenvalue weighted by Gasteiger charge is 2.17. The van der Waals surface area contributed by atoms with Gasteiger partial charge in [-0.2, -0.15) is 0 Å². The minimum absolute atomic E-state index is 0.241. The highest BCUT2D eigenvalue weighted by atomic mass is 32.1. The van der Waals surface area contributed by atoms with Crippen molar-refractivity contribution in [2.24, 2.45) is 0 Å². The van der Waals surface area contributed by atoms with Gasteiger partial charge in [0.05, 0.1) is 17.1 Å². The molecule has 0 unspecified atom stereocenters. The summed E-state index contributed by atoms with van der Waals surface area (Å²) in [5.74, 6) is 0. The summed E-state index contributed by atoms with van der Waals surface area (Å²) in [4.78, 5) is 22.0. The van der Waals surface area contributed by atoms with Crippen LogP contribution >= 0.6 is 11.3 Å². The Morgan fingerprint density at radius 3 is 2.72 bits per heavy atom. The number of anilines is 3. The van der Waals surface area contributed by atoms with Gasteiger partial charge in [-0.25, -0.2) is 9.78 Å². The molecule has 2 saturated heterocycles. The highest BCUT2D eigenvalue weighted by molar-refractivity contribution is 7.13. The van der Waals surface area contributed by atoms with Gasteiger partial charge in [0.2, 0.25) is 0 Å². The van der Waals surface area contributed by atoms with Gasteiger partial charge in [-0.15, -0.1) is 11.3 Å². The van der Waals surface area contributed by atoms with Crippen molar-refractivity contribution in [1.29, 1.82) is 0 Å². The molecule has 7 nitrogen and oxygen atoms in total. The summed E-state index contributed by atoms with van der Waals surface area (Å²) in [6.45, 7) is 9.12. The SMILES string of the molecule is Cc1ccc(NC(=O)Nc2nc(CN3CCNCC3)cs2)c(N2CCCCC2)c1.